The predicted octanol–water partition coefficient (Wildman–Crippen LogP) is 3.14. The van der Waals surface area contributed by atoms with Gasteiger partial charge < -0.3 is 10.2 Å². The van der Waals surface area contributed by atoms with Gasteiger partial charge in [0.05, 0.1) is 5.69 Å². The normalized spacial score (nSPS) is 17.4. The number of benzene rings is 2. The highest BCUT2D eigenvalue weighted by Crippen LogP contribution is 2.32. The van der Waals surface area contributed by atoms with E-state index < -0.39 is 15.9 Å². The molecule has 0 radical (unpaired) electrons. The van der Waals surface area contributed by atoms with Crippen molar-refractivity contribution >= 4 is 21.6 Å². The Labute approximate surface area is 176 Å². The second-order valence-corrected chi connectivity index (χ2v) is 9.67. The van der Waals surface area contributed by atoms with Gasteiger partial charge in [-0.15, -0.1) is 0 Å². The first-order valence-electron chi connectivity index (χ1n) is 10.4. The lowest BCUT2D eigenvalue weighted by Crippen LogP contribution is -2.31. The summed E-state index contributed by atoms with van der Waals surface area (Å²) in [6.45, 7) is 2.66. The summed E-state index contributed by atoms with van der Waals surface area (Å²) in [6, 6.07) is 11.1. The predicted molar refractivity (Wildman–Crippen MR) is 113 cm³/mol. The molecule has 160 valence electrons. The van der Waals surface area contributed by atoms with Crippen molar-refractivity contribution in [1.82, 2.24) is 9.62 Å². The summed E-state index contributed by atoms with van der Waals surface area (Å²) in [5, 5.41) is 2.69. The van der Waals surface area contributed by atoms with E-state index in [0.29, 0.717) is 24.3 Å². The highest BCUT2D eigenvalue weighted by atomic mass is 32.2. The molecular formula is C22H26FN3O3S. The Morgan fingerprint density at radius 3 is 2.33 bits per heavy atom. The molecule has 0 aliphatic carbocycles. The lowest BCUT2D eigenvalue weighted by Gasteiger charge is -2.24. The molecule has 2 heterocycles. The van der Waals surface area contributed by atoms with Crippen molar-refractivity contribution in [3.8, 4) is 0 Å². The first-order chi connectivity index (χ1) is 14.5. The fourth-order valence-corrected chi connectivity index (χ4v) is 5.82. The maximum Gasteiger partial charge on any atom is 0.251 e. The van der Waals surface area contributed by atoms with Gasteiger partial charge >= 0.3 is 0 Å². The van der Waals surface area contributed by atoms with E-state index >= 15 is 0 Å². The summed E-state index contributed by atoms with van der Waals surface area (Å²) in [4.78, 5) is 15.0. The largest absolute Gasteiger partial charge is 0.370 e. The molecule has 1 amide bonds. The molecule has 0 spiro atoms. The molecule has 30 heavy (non-hydrogen) atoms. The van der Waals surface area contributed by atoms with Gasteiger partial charge in [-0.3, -0.25) is 4.79 Å². The van der Waals surface area contributed by atoms with E-state index in [1.165, 1.54) is 16.4 Å². The van der Waals surface area contributed by atoms with Gasteiger partial charge in [0.25, 0.3) is 5.91 Å². The number of anilines is 1. The molecule has 0 saturated carbocycles. The molecule has 2 aromatic carbocycles. The number of halogens is 1. The lowest BCUT2D eigenvalue weighted by atomic mass is 10.1. The molecule has 1 N–H and O–H groups in total. The SMILES string of the molecule is O=C(NCc1ccccc1F)c1ccc(N2CCCC2)c(S(=O)(=O)N2CCCC2)c1. The Balaban J connectivity index is 1.62. The third-order valence-corrected chi connectivity index (χ3v) is 7.68. The molecule has 2 aliphatic heterocycles. The van der Waals surface area contributed by atoms with Crippen molar-refractivity contribution in [2.45, 2.75) is 37.1 Å². The number of carbonyl (C=O) groups excluding carboxylic acids is 1. The number of sulfonamides is 1. The van der Waals surface area contributed by atoms with Crippen LogP contribution in [0.5, 0.6) is 0 Å². The van der Waals surface area contributed by atoms with Crippen molar-refractivity contribution in [1.29, 1.82) is 0 Å². The van der Waals surface area contributed by atoms with E-state index in [1.54, 1.807) is 30.3 Å². The molecule has 0 aromatic heterocycles. The van der Waals surface area contributed by atoms with Gasteiger partial charge in [-0.25, -0.2) is 12.8 Å². The van der Waals surface area contributed by atoms with Crippen molar-refractivity contribution < 1.29 is 17.6 Å². The number of nitrogens with one attached hydrogen (secondary N) is 1. The molecule has 6 nitrogen and oxygen atoms in total. The van der Waals surface area contributed by atoms with Gasteiger partial charge in [0.1, 0.15) is 10.7 Å². The number of nitrogens with zero attached hydrogens (tertiary/aromatic N) is 2. The number of carbonyl (C=O) groups is 1. The second-order valence-electron chi connectivity index (χ2n) is 7.76. The summed E-state index contributed by atoms with van der Waals surface area (Å²) in [5.41, 5.74) is 1.29. The number of rotatable bonds is 6. The Bertz CT molecular complexity index is 1030. The summed E-state index contributed by atoms with van der Waals surface area (Å²) in [5.74, 6) is -0.816. The van der Waals surface area contributed by atoms with Crippen LogP contribution in [0.2, 0.25) is 0 Å². The lowest BCUT2D eigenvalue weighted by molar-refractivity contribution is 0.0950. The summed E-state index contributed by atoms with van der Waals surface area (Å²) in [6.07, 6.45) is 3.74. The van der Waals surface area contributed by atoms with Crippen LogP contribution >= 0.6 is 0 Å². The number of hydrogen-bond donors (Lipinski definition) is 1. The molecule has 0 atom stereocenters. The fraction of sp³-hybridized carbons (Fsp3) is 0.409. The third kappa shape index (κ3) is 4.20. The van der Waals surface area contributed by atoms with E-state index in [-0.39, 0.29) is 22.8 Å². The van der Waals surface area contributed by atoms with E-state index in [0.717, 1.165) is 38.8 Å². The van der Waals surface area contributed by atoms with Gasteiger partial charge in [0, 0.05) is 43.9 Å². The first kappa shape index (κ1) is 20.8. The molecule has 8 heteroatoms. The molecular weight excluding hydrogens is 405 g/mol. The summed E-state index contributed by atoms with van der Waals surface area (Å²) in [7, 11) is -3.68. The van der Waals surface area contributed by atoms with Crippen LogP contribution in [-0.2, 0) is 16.6 Å². The van der Waals surface area contributed by atoms with Crippen LogP contribution in [0.15, 0.2) is 47.4 Å². The zero-order valence-corrected chi connectivity index (χ0v) is 17.6. The minimum Gasteiger partial charge on any atom is -0.370 e. The average Bonchev–Trinajstić information content (AvgIpc) is 3.47. The minimum absolute atomic E-state index is 0.0353. The average molecular weight is 432 g/mol. The maximum absolute atomic E-state index is 13.8. The molecule has 2 fully saturated rings. The Morgan fingerprint density at radius 2 is 1.63 bits per heavy atom. The van der Waals surface area contributed by atoms with Crippen LogP contribution in [-0.4, -0.2) is 44.8 Å². The fourth-order valence-electron chi connectivity index (χ4n) is 4.07. The van der Waals surface area contributed by atoms with E-state index in [2.05, 4.69) is 10.2 Å². The molecule has 2 aliphatic rings. The first-order valence-corrected chi connectivity index (χ1v) is 11.8. The van der Waals surface area contributed by atoms with Crippen LogP contribution in [0.25, 0.3) is 0 Å². The van der Waals surface area contributed by atoms with Gasteiger partial charge in [-0.2, -0.15) is 4.31 Å². The zero-order valence-electron chi connectivity index (χ0n) is 16.8. The van der Waals surface area contributed by atoms with Crippen molar-refractivity contribution in [2.75, 3.05) is 31.1 Å². The molecule has 2 aromatic rings. The van der Waals surface area contributed by atoms with Gasteiger partial charge in [-0.05, 0) is 49.9 Å². The van der Waals surface area contributed by atoms with Crippen LogP contribution in [0.4, 0.5) is 10.1 Å². The van der Waals surface area contributed by atoms with Crippen LogP contribution in [0.3, 0.4) is 0 Å². The van der Waals surface area contributed by atoms with Crippen LogP contribution < -0.4 is 10.2 Å². The second kappa shape index (κ2) is 8.73. The third-order valence-electron chi connectivity index (χ3n) is 5.75. The van der Waals surface area contributed by atoms with E-state index in [1.807, 2.05) is 0 Å². The van der Waals surface area contributed by atoms with Gasteiger partial charge in [-0.1, -0.05) is 18.2 Å². The molecule has 2 saturated heterocycles. The van der Waals surface area contributed by atoms with Gasteiger partial charge in [0.15, 0.2) is 0 Å². The Kier molecular flexibility index (Phi) is 6.06. The Hall–Kier alpha value is -2.45. The minimum atomic E-state index is -3.68. The van der Waals surface area contributed by atoms with E-state index in [4.69, 9.17) is 0 Å². The smallest absolute Gasteiger partial charge is 0.251 e. The summed E-state index contributed by atoms with van der Waals surface area (Å²) >= 11 is 0. The topological polar surface area (TPSA) is 69.7 Å². The summed E-state index contributed by atoms with van der Waals surface area (Å²) < 4.78 is 42.0. The highest BCUT2D eigenvalue weighted by Gasteiger charge is 2.32. The van der Waals surface area contributed by atoms with Crippen LogP contribution in [0.1, 0.15) is 41.6 Å². The number of amides is 1. The van der Waals surface area contributed by atoms with Crippen molar-refractivity contribution in [3.63, 3.8) is 0 Å². The van der Waals surface area contributed by atoms with Gasteiger partial charge in [0.2, 0.25) is 10.0 Å². The maximum atomic E-state index is 13.8. The highest BCUT2D eigenvalue weighted by molar-refractivity contribution is 7.89. The zero-order chi connectivity index (χ0) is 21.1. The number of hydrogen-bond acceptors (Lipinski definition) is 4. The monoisotopic (exact) mass is 431 g/mol. The quantitative estimate of drug-likeness (QED) is 0.763. The van der Waals surface area contributed by atoms with Crippen molar-refractivity contribution in [2.24, 2.45) is 0 Å². The molecule has 0 unspecified atom stereocenters. The van der Waals surface area contributed by atoms with Crippen molar-refractivity contribution in [3.05, 3.63) is 59.4 Å². The standard InChI is InChI=1S/C22H26FN3O3S/c23-19-8-2-1-7-18(19)16-24-22(27)17-9-10-20(25-11-3-4-12-25)21(15-17)30(28,29)26-13-5-6-14-26/h1-2,7-10,15H,3-6,11-14,16H2,(H,24,27). The van der Waals surface area contributed by atoms with Crippen LogP contribution in [0, 0.1) is 5.82 Å². The molecule has 4 rings (SSSR count). The van der Waals surface area contributed by atoms with E-state index in [9.17, 15) is 17.6 Å². The Morgan fingerprint density at radius 1 is 0.967 bits per heavy atom. The molecule has 0 bridgehead atoms.